The monoisotopic (exact) mass is 237 g/mol. The largest absolute Gasteiger partial charge is 0.444 e. The highest BCUT2D eigenvalue weighted by molar-refractivity contribution is 5.67. The Morgan fingerprint density at radius 3 is 2.76 bits per heavy atom. The van der Waals surface area contributed by atoms with E-state index in [1.165, 1.54) is 0 Å². The predicted octanol–water partition coefficient (Wildman–Crippen LogP) is 2.32. The van der Waals surface area contributed by atoms with Crippen LogP contribution in [0.3, 0.4) is 0 Å². The minimum atomic E-state index is -0.486. The maximum absolute atomic E-state index is 11.4. The summed E-state index contributed by atoms with van der Waals surface area (Å²) >= 11 is 0. The van der Waals surface area contributed by atoms with E-state index in [0.29, 0.717) is 6.54 Å². The number of aryl methyl sites for hydroxylation is 1. The number of alkyl carbamates (subject to hydrolysis) is 1. The standard InChI is InChI=1S/C12H19N3O2/c1-6-15-8-10(14-9(15)2)7-13-11(16)17-12(3,4)5/h6,8H,1,7H2,2-5H3,(H,13,16). The summed E-state index contributed by atoms with van der Waals surface area (Å²) in [6.07, 6.45) is 3.04. The lowest BCUT2D eigenvalue weighted by Crippen LogP contribution is -2.32. The number of nitrogens with zero attached hydrogens (tertiary/aromatic N) is 2. The first-order chi connectivity index (χ1) is 7.81. The van der Waals surface area contributed by atoms with Crippen LogP contribution < -0.4 is 5.32 Å². The number of ether oxygens (including phenoxy) is 1. The van der Waals surface area contributed by atoms with Crippen LogP contribution in [0.25, 0.3) is 6.20 Å². The van der Waals surface area contributed by atoms with E-state index >= 15 is 0 Å². The van der Waals surface area contributed by atoms with Gasteiger partial charge in [0.05, 0.1) is 12.2 Å². The molecule has 1 N–H and O–H groups in total. The lowest BCUT2D eigenvalue weighted by atomic mass is 10.2. The molecule has 0 spiro atoms. The van der Waals surface area contributed by atoms with Gasteiger partial charge in [0.2, 0.25) is 0 Å². The second-order valence-electron chi connectivity index (χ2n) is 4.72. The number of carbonyl (C=O) groups is 1. The quantitative estimate of drug-likeness (QED) is 0.877. The van der Waals surface area contributed by atoms with Crippen LogP contribution in [0.15, 0.2) is 12.8 Å². The molecule has 5 nitrogen and oxygen atoms in total. The van der Waals surface area contributed by atoms with Gasteiger partial charge in [0.1, 0.15) is 11.4 Å². The van der Waals surface area contributed by atoms with E-state index in [9.17, 15) is 4.79 Å². The molecule has 1 rings (SSSR count). The van der Waals surface area contributed by atoms with Gasteiger partial charge < -0.3 is 14.6 Å². The molecule has 1 aromatic heterocycles. The minimum Gasteiger partial charge on any atom is -0.444 e. The van der Waals surface area contributed by atoms with Crippen molar-refractivity contribution in [1.29, 1.82) is 0 Å². The molecule has 0 atom stereocenters. The SMILES string of the molecule is C=Cn1cc(CNC(=O)OC(C)(C)C)nc1C. The van der Waals surface area contributed by atoms with Crippen LogP contribution in [0.4, 0.5) is 4.79 Å². The highest BCUT2D eigenvalue weighted by Gasteiger charge is 2.16. The van der Waals surface area contributed by atoms with Gasteiger partial charge >= 0.3 is 6.09 Å². The number of hydrogen-bond donors (Lipinski definition) is 1. The fourth-order valence-corrected chi connectivity index (χ4v) is 1.30. The van der Waals surface area contributed by atoms with Crippen molar-refractivity contribution in [2.24, 2.45) is 0 Å². The summed E-state index contributed by atoms with van der Waals surface area (Å²) in [5.41, 5.74) is 0.286. The van der Waals surface area contributed by atoms with Crippen LogP contribution >= 0.6 is 0 Å². The van der Waals surface area contributed by atoms with Gasteiger partial charge in [0.15, 0.2) is 0 Å². The van der Waals surface area contributed by atoms with Crippen molar-refractivity contribution >= 4 is 12.3 Å². The molecule has 1 heterocycles. The molecule has 0 radical (unpaired) electrons. The first-order valence-corrected chi connectivity index (χ1v) is 5.45. The Bertz CT molecular complexity index is 416. The maximum atomic E-state index is 11.4. The number of nitrogens with one attached hydrogen (secondary N) is 1. The third kappa shape index (κ3) is 4.30. The summed E-state index contributed by atoms with van der Waals surface area (Å²) in [6, 6.07) is 0. The smallest absolute Gasteiger partial charge is 0.407 e. The van der Waals surface area contributed by atoms with Crippen LogP contribution in [0.1, 0.15) is 32.3 Å². The van der Waals surface area contributed by atoms with E-state index in [0.717, 1.165) is 11.5 Å². The Morgan fingerprint density at radius 1 is 1.65 bits per heavy atom. The predicted molar refractivity (Wildman–Crippen MR) is 66.4 cm³/mol. The molecule has 1 aromatic rings. The van der Waals surface area contributed by atoms with E-state index in [1.807, 2.05) is 33.9 Å². The Kier molecular flexibility index (Phi) is 3.93. The Labute approximate surface area is 101 Å². The average Bonchev–Trinajstić information content (AvgIpc) is 2.53. The van der Waals surface area contributed by atoms with Crippen LogP contribution in [-0.4, -0.2) is 21.2 Å². The molecule has 0 unspecified atom stereocenters. The number of hydrogen-bond acceptors (Lipinski definition) is 3. The van der Waals surface area contributed by atoms with Crippen LogP contribution in [0.5, 0.6) is 0 Å². The second kappa shape index (κ2) is 5.03. The number of aromatic nitrogens is 2. The number of imidazole rings is 1. The molecule has 0 saturated heterocycles. The lowest BCUT2D eigenvalue weighted by molar-refractivity contribution is 0.0523. The van der Waals surface area contributed by atoms with Crippen LogP contribution in [0, 0.1) is 6.92 Å². The Hall–Kier alpha value is -1.78. The third-order valence-electron chi connectivity index (χ3n) is 1.98. The van der Waals surface area contributed by atoms with Crippen LogP contribution in [-0.2, 0) is 11.3 Å². The molecule has 0 aromatic carbocycles. The van der Waals surface area contributed by atoms with Crippen molar-refractivity contribution in [3.05, 3.63) is 24.3 Å². The zero-order valence-corrected chi connectivity index (χ0v) is 10.8. The summed E-state index contributed by atoms with van der Waals surface area (Å²) in [7, 11) is 0. The molecule has 94 valence electrons. The fourth-order valence-electron chi connectivity index (χ4n) is 1.30. The van der Waals surface area contributed by atoms with Gasteiger partial charge in [-0.05, 0) is 27.7 Å². The molecule has 17 heavy (non-hydrogen) atoms. The highest BCUT2D eigenvalue weighted by Crippen LogP contribution is 2.07. The molecule has 0 saturated carbocycles. The van der Waals surface area contributed by atoms with Crippen molar-refractivity contribution in [1.82, 2.24) is 14.9 Å². The summed E-state index contributed by atoms with van der Waals surface area (Å²) < 4.78 is 6.92. The van der Waals surface area contributed by atoms with Crippen molar-refractivity contribution < 1.29 is 9.53 Å². The molecule has 0 aliphatic rings. The number of amides is 1. The van der Waals surface area contributed by atoms with E-state index in [4.69, 9.17) is 4.74 Å². The molecule has 0 aliphatic heterocycles. The summed E-state index contributed by atoms with van der Waals surface area (Å²) in [5, 5.41) is 2.65. The topological polar surface area (TPSA) is 56.2 Å². The van der Waals surface area contributed by atoms with Crippen molar-refractivity contribution in [2.75, 3.05) is 0 Å². The van der Waals surface area contributed by atoms with Gasteiger partial charge in [-0.15, -0.1) is 0 Å². The Balaban J connectivity index is 2.50. The maximum Gasteiger partial charge on any atom is 0.407 e. The summed E-state index contributed by atoms with van der Waals surface area (Å²) in [5.74, 6) is 0.834. The third-order valence-corrected chi connectivity index (χ3v) is 1.98. The molecule has 1 amide bonds. The first-order valence-electron chi connectivity index (χ1n) is 5.45. The lowest BCUT2D eigenvalue weighted by Gasteiger charge is -2.19. The molecule has 0 bridgehead atoms. The van der Waals surface area contributed by atoms with Gasteiger partial charge in [0.25, 0.3) is 0 Å². The van der Waals surface area contributed by atoms with Crippen molar-refractivity contribution in [3.63, 3.8) is 0 Å². The molecule has 0 fully saturated rings. The Morgan fingerprint density at radius 2 is 2.29 bits per heavy atom. The molecule has 5 heteroatoms. The van der Waals surface area contributed by atoms with Gasteiger partial charge in [0, 0.05) is 12.4 Å². The van der Waals surface area contributed by atoms with Gasteiger partial charge in [-0.25, -0.2) is 9.78 Å². The highest BCUT2D eigenvalue weighted by atomic mass is 16.6. The van der Waals surface area contributed by atoms with E-state index in [2.05, 4.69) is 16.9 Å². The number of carbonyl (C=O) groups excluding carboxylic acids is 1. The molecular weight excluding hydrogens is 218 g/mol. The normalized spacial score (nSPS) is 11.1. The number of rotatable bonds is 3. The van der Waals surface area contributed by atoms with Crippen molar-refractivity contribution in [2.45, 2.75) is 39.8 Å². The van der Waals surface area contributed by atoms with E-state index in [1.54, 1.807) is 10.8 Å². The fraction of sp³-hybridized carbons (Fsp3) is 0.500. The first kappa shape index (κ1) is 13.3. The average molecular weight is 237 g/mol. The van der Waals surface area contributed by atoms with Crippen LogP contribution in [0.2, 0.25) is 0 Å². The molecule has 0 aliphatic carbocycles. The zero-order chi connectivity index (χ0) is 13.1. The zero-order valence-electron chi connectivity index (χ0n) is 10.8. The summed E-state index contributed by atoms with van der Waals surface area (Å²) in [4.78, 5) is 15.7. The second-order valence-corrected chi connectivity index (χ2v) is 4.72. The molecular formula is C12H19N3O2. The van der Waals surface area contributed by atoms with Gasteiger partial charge in [-0.2, -0.15) is 0 Å². The van der Waals surface area contributed by atoms with Gasteiger partial charge in [-0.1, -0.05) is 6.58 Å². The van der Waals surface area contributed by atoms with Crippen molar-refractivity contribution in [3.8, 4) is 0 Å². The van der Waals surface area contributed by atoms with E-state index < -0.39 is 11.7 Å². The van der Waals surface area contributed by atoms with Gasteiger partial charge in [-0.3, -0.25) is 0 Å². The van der Waals surface area contributed by atoms with E-state index in [-0.39, 0.29) is 0 Å². The minimum absolute atomic E-state index is 0.344. The summed E-state index contributed by atoms with van der Waals surface area (Å²) in [6.45, 7) is 11.3.